The van der Waals surface area contributed by atoms with Gasteiger partial charge in [0.05, 0.1) is 0 Å². The van der Waals surface area contributed by atoms with E-state index < -0.39 is 10.7 Å². The van der Waals surface area contributed by atoms with Crippen molar-refractivity contribution in [2.45, 2.75) is 18.6 Å². The van der Waals surface area contributed by atoms with Crippen molar-refractivity contribution in [2.75, 3.05) is 6.26 Å². The monoisotopic (exact) mass is 210 g/mol. The van der Waals surface area contributed by atoms with Gasteiger partial charge in [-0.15, -0.1) is 11.8 Å². The fourth-order valence-electron chi connectivity index (χ4n) is 0.294. The van der Waals surface area contributed by atoms with Gasteiger partial charge in [0, 0.05) is 0 Å². The molecule has 0 bridgehead atoms. The molecule has 1 N–H and O–H groups in total. The first-order valence-corrected chi connectivity index (χ1v) is 5.35. The smallest absolute Gasteiger partial charge is 0.319 e. The molecule has 0 unspecified atom stereocenters. The Hall–Kier alpha value is 0.260. The molecule has 2 nitrogen and oxygen atoms in total. The fourth-order valence-corrected chi connectivity index (χ4v) is 2.38. The van der Waals surface area contributed by atoms with Gasteiger partial charge < -0.3 is 5.11 Å². The van der Waals surface area contributed by atoms with Crippen molar-refractivity contribution < 1.29 is 9.90 Å². The second kappa shape index (κ2) is 4.33. The highest BCUT2D eigenvalue weighted by molar-refractivity contribution is 8.47. The summed E-state index contributed by atoms with van der Waals surface area (Å²) in [4.78, 5) is 10.6. The van der Waals surface area contributed by atoms with Crippen molar-refractivity contribution in [2.24, 2.45) is 0 Å². The lowest BCUT2D eigenvalue weighted by atomic mass is 10.2. The lowest BCUT2D eigenvalue weighted by molar-refractivity contribution is -0.138. The number of aliphatic carboxylic acids is 1. The van der Waals surface area contributed by atoms with Crippen molar-refractivity contribution in [3.63, 3.8) is 0 Å². The fraction of sp³-hybridized carbons (Fsp3) is 0.667. The van der Waals surface area contributed by atoms with E-state index in [1.54, 1.807) is 13.8 Å². The predicted octanol–water partition coefficient (Wildman–Crippen LogP) is 2.23. The Kier molecular flexibility index (Phi) is 4.43. The van der Waals surface area contributed by atoms with Gasteiger partial charge in [-0.1, -0.05) is 24.0 Å². The molecule has 0 amide bonds. The van der Waals surface area contributed by atoms with Crippen LogP contribution in [0.4, 0.5) is 0 Å². The normalized spacial score (nSPS) is 11.2. The second-order valence-corrected chi connectivity index (χ2v) is 6.00. The third-order valence-corrected chi connectivity index (χ3v) is 3.71. The van der Waals surface area contributed by atoms with Crippen molar-refractivity contribution in [1.29, 1.82) is 0 Å². The molecule has 0 radical (unpaired) electrons. The lowest BCUT2D eigenvalue weighted by Crippen LogP contribution is -2.27. The van der Waals surface area contributed by atoms with E-state index in [1.807, 2.05) is 6.26 Å². The molecule has 0 aromatic heterocycles. The number of rotatable bonds is 2. The summed E-state index contributed by atoms with van der Waals surface area (Å²) in [5.41, 5.74) is 0. The number of hydrogen-bond donors (Lipinski definition) is 1. The summed E-state index contributed by atoms with van der Waals surface area (Å²) in [6.07, 6.45) is 1.84. The summed E-state index contributed by atoms with van der Waals surface area (Å²) in [5.74, 6) is -0.834. The standard InChI is InChI=1S/C6H10O2S3/c1-6(2,4(7)8)11-5(9)10-3/h1-3H3,(H,7,8). The summed E-state index contributed by atoms with van der Waals surface area (Å²) in [6.45, 7) is 3.28. The Labute approximate surface area is 80.1 Å². The van der Waals surface area contributed by atoms with Crippen LogP contribution in [0.5, 0.6) is 0 Å². The minimum atomic E-state index is -0.834. The Morgan fingerprint density at radius 1 is 1.55 bits per heavy atom. The third kappa shape index (κ3) is 3.98. The van der Waals surface area contributed by atoms with Gasteiger partial charge in [-0.2, -0.15) is 0 Å². The van der Waals surface area contributed by atoms with Crippen LogP contribution in [0.25, 0.3) is 0 Å². The Morgan fingerprint density at radius 2 is 2.00 bits per heavy atom. The van der Waals surface area contributed by atoms with E-state index in [0.717, 1.165) is 0 Å². The van der Waals surface area contributed by atoms with Crippen LogP contribution in [0, 0.1) is 0 Å². The minimum Gasteiger partial charge on any atom is -0.480 e. The van der Waals surface area contributed by atoms with Gasteiger partial charge in [0.2, 0.25) is 0 Å². The van der Waals surface area contributed by atoms with Crippen LogP contribution >= 0.6 is 35.7 Å². The molecule has 11 heavy (non-hydrogen) atoms. The zero-order valence-corrected chi connectivity index (χ0v) is 9.03. The third-order valence-electron chi connectivity index (χ3n) is 1.02. The molecule has 0 rings (SSSR count). The van der Waals surface area contributed by atoms with Gasteiger partial charge >= 0.3 is 5.97 Å². The summed E-state index contributed by atoms with van der Waals surface area (Å²) >= 11 is 7.49. The molecular weight excluding hydrogens is 200 g/mol. The molecule has 0 spiro atoms. The number of carboxylic acid groups (broad SMARTS) is 1. The Balaban J connectivity index is 4.12. The van der Waals surface area contributed by atoms with Crippen LogP contribution in [0.2, 0.25) is 0 Å². The molecule has 0 aromatic carbocycles. The van der Waals surface area contributed by atoms with Gasteiger partial charge in [-0.3, -0.25) is 4.79 Å². The summed E-state index contributed by atoms with van der Waals surface area (Å²) in [7, 11) is 0. The average Bonchev–Trinajstić information content (AvgIpc) is 1.86. The van der Waals surface area contributed by atoms with Crippen molar-refractivity contribution in [3.05, 3.63) is 0 Å². The highest BCUT2D eigenvalue weighted by Crippen LogP contribution is 2.29. The highest BCUT2D eigenvalue weighted by Gasteiger charge is 2.29. The van der Waals surface area contributed by atoms with Crippen molar-refractivity contribution >= 4 is 45.2 Å². The van der Waals surface area contributed by atoms with E-state index in [0.29, 0.717) is 3.53 Å². The SMILES string of the molecule is CSC(=S)SC(C)(C)C(=O)O. The number of hydrogen-bond acceptors (Lipinski definition) is 4. The van der Waals surface area contributed by atoms with Crippen molar-refractivity contribution in [1.82, 2.24) is 0 Å². The summed E-state index contributed by atoms with van der Waals surface area (Å²) < 4.78 is -0.141. The zero-order chi connectivity index (χ0) is 9.07. The Bertz CT molecular complexity index is 177. The quantitative estimate of drug-likeness (QED) is 0.707. The first kappa shape index (κ1) is 11.3. The molecule has 0 saturated carbocycles. The van der Waals surface area contributed by atoms with Gasteiger partial charge in [-0.25, -0.2) is 0 Å². The molecule has 0 atom stereocenters. The van der Waals surface area contributed by atoms with E-state index in [-0.39, 0.29) is 0 Å². The summed E-state index contributed by atoms with van der Waals surface area (Å²) in [5, 5.41) is 8.70. The molecule has 0 aromatic rings. The average molecular weight is 210 g/mol. The van der Waals surface area contributed by atoms with Crippen LogP contribution in [0.15, 0.2) is 0 Å². The van der Waals surface area contributed by atoms with E-state index in [2.05, 4.69) is 0 Å². The Morgan fingerprint density at radius 3 is 2.27 bits per heavy atom. The first-order valence-electron chi connectivity index (χ1n) is 2.90. The molecule has 0 heterocycles. The highest BCUT2D eigenvalue weighted by atomic mass is 32.2. The van der Waals surface area contributed by atoms with E-state index in [4.69, 9.17) is 17.3 Å². The maximum absolute atomic E-state index is 10.6. The number of carbonyl (C=O) groups is 1. The first-order chi connectivity index (χ1) is 4.90. The molecule has 0 aliphatic heterocycles. The van der Waals surface area contributed by atoms with E-state index in [9.17, 15) is 4.79 Å². The summed E-state index contributed by atoms with van der Waals surface area (Å²) in [6, 6.07) is 0. The van der Waals surface area contributed by atoms with Crippen LogP contribution in [0.3, 0.4) is 0 Å². The molecule has 0 saturated heterocycles. The van der Waals surface area contributed by atoms with Crippen LogP contribution in [0.1, 0.15) is 13.8 Å². The van der Waals surface area contributed by atoms with E-state index >= 15 is 0 Å². The maximum Gasteiger partial charge on any atom is 0.319 e. The maximum atomic E-state index is 10.6. The van der Waals surface area contributed by atoms with Gasteiger partial charge in [-0.05, 0) is 20.1 Å². The number of thioether (sulfide) groups is 2. The largest absolute Gasteiger partial charge is 0.480 e. The van der Waals surface area contributed by atoms with Gasteiger partial charge in [0.15, 0.2) is 0 Å². The number of carboxylic acids is 1. The van der Waals surface area contributed by atoms with Crippen LogP contribution in [-0.2, 0) is 4.79 Å². The molecular formula is C6H10O2S3. The predicted molar refractivity (Wildman–Crippen MR) is 55.4 cm³/mol. The molecule has 5 heteroatoms. The molecule has 0 fully saturated rings. The molecule has 64 valence electrons. The minimum absolute atomic E-state index is 0.664. The molecule has 0 aliphatic carbocycles. The van der Waals surface area contributed by atoms with Crippen LogP contribution in [-0.4, -0.2) is 25.6 Å². The lowest BCUT2D eigenvalue weighted by Gasteiger charge is -2.17. The second-order valence-electron chi connectivity index (χ2n) is 2.37. The van der Waals surface area contributed by atoms with E-state index in [1.165, 1.54) is 23.5 Å². The number of thiocarbonyl (C=S) groups is 1. The van der Waals surface area contributed by atoms with Crippen LogP contribution < -0.4 is 0 Å². The van der Waals surface area contributed by atoms with Crippen molar-refractivity contribution in [3.8, 4) is 0 Å². The van der Waals surface area contributed by atoms with Gasteiger partial charge in [0.1, 0.15) is 8.28 Å². The molecule has 0 aliphatic rings. The topological polar surface area (TPSA) is 37.3 Å². The zero-order valence-electron chi connectivity index (χ0n) is 6.58. The van der Waals surface area contributed by atoms with Gasteiger partial charge in [0.25, 0.3) is 0 Å².